The highest BCUT2D eigenvalue weighted by Crippen LogP contribution is 2.24. The van der Waals surface area contributed by atoms with E-state index in [-0.39, 0.29) is 17.8 Å². The van der Waals surface area contributed by atoms with E-state index in [0.29, 0.717) is 6.04 Å². The normalized spacial score (nSPS) is 17.6. The molecule has 1 atom stereocenters. The molecule has 19 heavy (non-hydrogen) atoms. The lowest BCUT2D eigenvalue weighted by atomic mass is 10.2. The van der Waals surface area contributed by atoms with Gasteiger partial charge in [-0.15, -0.1) is 0 Å². The van der Waals surface area contributed by atoms with Crippen molar-refractivity contribution in [3.63, 3.8) is 0 Å². The van der Waals surface area contributed by atoms with Gasteiger partial charge in [0.05, 0.1) is 23.7 Å². The standard InChI is InChI=1S/C13H21N3O2S/c1-9(12(18)15-10-5-3-4-6-10)19-13-14-7-11(8-17)16(13)2/h7,9-10,17H,3-6,8H2,1-2H3,(H,15,18). The molecule has 1 unspecified atom stereocenters. The first-order valence-corrected chi connectivity index (χ1v) is 7.58. The zero-order valence-corrected chi connectivity index (χ0v) is 12.2. The molecule has 5 nitrogen and oxygen atoms in total. The SMILES string of the molecule is CC(Sc1ncc(CO)n1C)C(=O)NC1CCCC1. The predicted octanol–water partition coefficient (Wildman–Crippen LogP) is 1.45. The highest BCUT2D eigenvalue weighted by molar-refractivity contribution is 8.00. The number of aromatic nitrogens is 2. The first kappa shape index (κ1) is 14.4. The number of imidazole rings is 1. The van der Waals surface area contributed by atoms with Crippen molar-refractivity contribution in [2.45, 2.75) is 55.7 Å². The third kappa shape index (κ3) is 3.51. The number of nitrogens with one attached hydrogen (secondary N) is 1. The van der Waals surface area contributed by atoms with Crippen LogP contribution in [0.15, 0.2) is 11.4 Å². The molecule has 1 fully saturated rings. The highest BCUT2D eigenvalue weighted by atomic mass is 32.2. The Balaban J connectivity index is 1.90. The van der Waals surface area contributed by atoms with Crippen LogP contribution in [0.1, 0.15) is 38.3 Å². The molecule has 1 aromatic rings. The highest BCUT2D eigenvalue weighted by Gasteiger charge is 2.22. The molecule has 2 N–H and O–H groups in total. The summed E-state index contributed by atoms with van der Waals surface area (Å²) in [5.41, 5.74) is 0.755. The van der Waals surface area contributed by atoms with Crippen LogP contribution in [0.4, 0.5) is 0 Å². The van der Waals surface area contributed by atoms with Gasteiger partial charge in [0, 0.05) is 13.1 Å². The Kier molecular flexibility index (Phi) is 4.87. The number of hydrogen-bond acceptors (Lipinski definition) is 4. The topological polar surface area (TPSA) is 67.2 Å². The minimum Gasteiger partial charge on any atom is -0.390 e. The van der Waals surface area contributed by atoms with E-state index in [1.807, 2.05) is 18.5 Å². The van der Waals surface area contributed by atoms with Crippen LogP contribution in [0.3, 0.4) is 0 Å². The zero-order valence-electron chi connectivity index (χ0n) is 11.4. The van der Waals surface area contributed by atoms with E-state index in [1.165, 1.54) is 24.6 Å². The number of amides is 1. The van der Waals surface area contributed by atoms with Crippen LogP contribution in [0.5, 0.6) is 0 Å². The van der Waals surface area contributed by atoms with E-state index in [2.05, 4.69) is 10.3 Å². The third-order valence-electron chi connectivity index (χ3n) is 3.56. The van der Waals surface area contributed by atoms with Crippen molar-refractivity contribution in [2.24, 2.45) is 7.05 Å². The maximum absolute atomic E-state index is 12.1. The Morgan fingerprint density at radius 3 is 2.89 bits per heavy atom. The molecule has 1 aliphatic carbocycles. The van der Waals surface area contributed by atoms with Crippen LogP contribution < -0.4 is 5.32 Å². The van der Waals surface area contributed by atoms with Crippen LogP contribution in [-0.2, 0) is 18.4 Å². The second-order valence-electron chi connectivity index (χ2n) is 5.00. The lowest BCUT2D eigenvalue weighted by molar-refractivity contribution is -0.120. The van der Waals surface area contributed by atoms with Gasteiger partial charge in [0.15, 0.2) is 5.16 Å². The van der Waals surface area contributed by atoms with Gasteiger partial charge in [-0.2, -0.15) is 0 Å². The van der Waals surface area contributed by atoms with E-state index in [4.69, 9.17) is 5.11 Å². The van der Waals surface area contributed by atoms with E-state index >= 15 is 0 Å². The van der Waals surface area contributed by atoms with Crippen molar-refractivity contribution in [3.05, 3.63) is 11.9 Å². The minimum atomic E-state index is -0.173. The fraction of sp³-hybridized carbons (Fsp3) is 0.692. The lowest BCUT2D eigenvalue weighted by Crippen LogP contribution is -2.37. The Bertz CT molecular complexity index is 441. The summed E-state index contributed by atoms with van der Waals surface area (Å²) in [5, 5.41) is 12.8. The maximum Gasteiger partial charge on any atom is 0.233 e. The second-order valence-corrected chi connectivity index (χ2v) is 6.31. The van der Waals surface area contributed by atoms with E-state index in [9.17, 15) is 4.79 Å². The summed E-state index contributed by atoms with van der Waals surface area (Å²) in [6, 6.07) is 0.352. The number of hydrogen-bond donors (Lipinski definition) is 2. The van der Waals surface area contributed by atoms with Gasteiger partial charge in [-0.25, -0.2) is 4.98 Å². The van der Waals surface area contributed by atoms with Crippen LogP contribution in [-0.4, -0.2) is 31.9 Å². The van der Waals surface area contributed by atoms with E-state index < -0.39 is 0 Å². The number of carbonyl (C=O) groups is 1. The lowest BCUT2D eigenvalue weighted by Gasteiger charge is -2.16. The summed E-state index contributed by atoms with van der Waals surface area (Å²) in [6.07, 6.45) is 6.27. The first-order chi connectivity index (χ1) is 9.11. The van der Waals surface area contributed by atoms with Crippen molar-refractivity contribution in [3.8, 4) is 0 Å². The fourth-order valence-corrected chi connectivity index (χ4v) is 3.16. The summed E-state index contributed by atoms with van der Waals surface area (Å²) in [5.74, 6) is 0.0745. The Morgan fingerprint density at radius 2 is 2.32 bits per heavy atom. The van der Waals surface area contributed by atoms with Gasteiger partial charge in [-0.3, -0.25) is 4.79 Å². The van der Waals surface area contributed by atoms with Gasteiger partial charge in [0.25, 0.3) is 0 Å². The molecule has 2 rings (SSSR count). The molecule has 1 amide bonds. The molecule has 1 saturated carbocycles. The Morgan fingerprint density at radius 1 is 1.63 bits per heavy atom. The fourth-order valence-electron chi connectivity index (χ4n) is 2.28. The number of aliphatic hydroxyl groups is 1. The summed E-state index contributed by atoms with van der Waals surface area (Å²) in [6.45, 7) is 1.86. The molecule has 106 valence electrons. The van der Waals surface area contributed by atoms with Crippen LogP contribution in [0.25, 0.3) is 0 Å². The van der Waals surface area contributed by atoms with Crippen molar-refractivity contribution in [2.75, 3.05) is 0 Å². The average Bonchev–Trinajstić information content (AvgIpc) is 3.00. The van der Waals surface area contributed by atoms with E-state index in [0.717, 1.165) is 23.7 Å². The number of aliphatic hydroxyl groups excluding tert-OH is 1. The Labute approximate surface area is 117 Å². The zero-order chi connectivity index (χ0) is 13.8. The van der Waals surface area contributed by atoms with Crippen molar-refractivity contribution in [1.82, 2.24) is 14.9 Å². The summed E-state index contributed by atoms with van der Waals surface area (Å²) >= 11 is 1.43. The molecule has 0 saturated heterocycles. The molecule has 0 aromatic carbocycles. The van der Waals surface area contributed by atoms with Gasteiger partial charge < -0.3 is 15.0 Å². The van der Waals surface area contributed by atoms with Crippen molar-refractivity contribution >= 4 is 17.7 Å². The molecule has 6 heteroatoms. The van der Waals surface area contributed by atoms with Gasteiger partial charge in [0.1, 0.15) is 0 Å². The summed E-state index contributed by atoms with van der Waals surface area (Å²) in [4.78, 5) is 16.3. The molecule has 1 aliphatic rings. The van der Waals surface area contributed by atoms with Gasteiger partial charge in [0.2, 0.25) is 5.91 Å². The summed E-state index contributed by atoms with van der Waals surface area (Å²) < 4.78 is 1.82. The third-order valence-corrected chi connectivity index (χ3v) is 4.71. The average molecular weight is 283 g/mol. The number of carbonyl (C=O) groups excluding carboxylic acids is 1. The number of nitrogens with zero attached hydrogens (tertiary/aromatic N) is 2. The molecule has 0 aliphatic heterocycles. The van der Waals surface area contributed by atoms with Crippen LogP contribution in [0, 0.1) is 0 Å². The molecule has 0 bridgehead atoms. The largest absolute Gasteiger partial charge is 0.390 e. The monoisotopic (exact) mass is 283 g/mol. The minimum absolute atomic E-state index is 0.0350. The first-order valence-electron chi connectivity index (χ1n) is 6.70. The predicted molar refractivity (Wildman–Crippen MR) is 74.8 cm³/mol. The molecule has 1 aromatic heterocycles. The molecular weight excluding hydrogens is 262 g/mol. The quantitative estimate of drug-likeness (QED) is 0.803. The van der Waals surface area contributed by atoms with Crippen LogP contribution >= 0.6 is 11.8 Å². The van der Waals surface area contributed by atoms with E-state index in [1.54, 1.807) is 6.20 Å². The smallest absolute Gasteiger partial charge is 0.233 e. The number of thioether (sulfide) groups is 1. The maximum atomic E-state index is 12.1. The summed E-state index contributed by atoms with van der Waals surface area (Å²) in [7, 11) is 1.85. The van der Waals surface area contributed by atoms with Crippen molar-refractivity contribution < 1.29 is 9.90 Å². The Hall–Kier alpha value is -1.01. The molecule has 0 radical (unpaired) electrons. The second kappa shape index (κ2) is 6.43. The molecular formula is C13H21N3O2S. The molecule has 0 spiro atoms. The van der Waals surface area contributed by atoms with Gasteiger partial charge in [-0.05, 0) is 19.8 Å². The van der Waals surface area contributed by atoms with Gasteiger partial charge >= 0.3 is 0 Å². The number of rotatable bonds is 5. The van der Waals surface area contributed by atoms with Gasteiger partial charge in [-0.1, -0.05) is 24.6 Å². The van der Waals surface area contributed by atoms with Crippen LogP contribution in [0.2, 0.25) is 0 Å². The van der Waals surface area contributed by atoms with Crippen molar-refractivity contribution in [1.29, 1.82) is 0 Å². The molecule has 1 heterocycles.